The number of anilines is 1. The average Bonchev–Trinajstić information content (AvgIpc) is 2.16. The van der Waals surface area contributed by atoms with Gasteiger partial charge in [0, 0.05) is 17.3 Å². The van der Waals surface area contributed by atoms with E-state index >= 15 is 0 Å². The van der Waals surface area contributed by atoms with Gasteiger partial charge in [-0.15, -0.1) is 0 Å². The van der Waals surface area contributed by atoms with Crippen molar-refractivity contribution in [3.63, 3.8) is 0 Å². The minimum atomic E-state index is -0.0499. The van der Waals surface area contributed by atoms with Crippen molar-refractivity contribution in [1.29, 1.82) is 0 Å². The highest BCUT2D eigenvalue weighted by Gasteiger charge is 2.09. The van der Waals surface area contributed by atoms with E-state index in [0.717, 1.165) is 11.3 Å². The summed E-state index contributed by atoms with van der Waals surface area (Å²) in [6.45, 7) is 5.75. The lowest BCUT2D eigenvalue weighted by molar-refractivity contribution is 0.0942. The Hall–Kier alpha value is -1.55. The maximum Gasteiger partial charge on any atom is 0.251 e. The molecule has 0 bridgehead atoms. The van der Waals surface area contributed by atoms with Gasteiger partial charge in [0.2, 0.25) is 0 Å². The van der Waals surface area contributed by atoms with Gasteiger partial charge in [0.1, 0.15) is 0 Å². The number of aryl methyl sites for hydroxylation is 1. The Balaban J connectivity index is 2.90. The van der Waals surface area contributed by atoms with Crippen molar-refractivity contribution < 1.29 is 4.79 Å². The van der Waals surface area contributed by atoms with Crippen LogP contribution in [0.1, 0.15) is 29.8 Å². The van der Waals surface area contributed by atoms with Crippen LogP contribution in [0.25, 0.3) is 0 Å². The fraction of sp³-hybridized carbons (Fsp3) is 0.364. The Morgan fingerprint density at radius 3 is 2.53 bits per heavy atom. The van der Waals surface area contributed by atoms with Crippen molar-refractivity contribution in [1.82, 2.24) is 5.32 Å². The molecule has 0 radical (unpaired) electrons. The largest absolute Gasteiger partial charge is 0.350 e. The van der Waals surface area contributed by atoms with Crippen LogP contribution in [0, 0.1) is 6.92 Å². The zero-order valence-electron chi connectivity index (χ0n) is 9.29. The highest BCUT2D eigenvalue weighted by atomic mass is 16.1. The zero-order chi connectivity index (χ0) is 11.4. The van der Waals surface area contributed by atoms with E-state index in [1.807, 2.05) is 26.8 Å². The molecule has 1 rings (SSSR count). The van der Waals surface area contributed by atoms with Crippen molar-refractivity contribution >= 4 is 11.6 Å². The van der Waals surface area contributed by atoms with Crippen LogP contribution >= 0.6 is 0 Å². The molecular weight excluding hydrogens is 190 g/mol. The molecule has 0 aliphatic heterocycles. The third-order valence-electron chi connectivity index (χ3n) is 2.06. The SMILES string of the molecule is Cc1cc(NN)ccc1C(=O)NC(C)C. The van der Waals surface area contributed by atoms with Gasteiger partial charge in [0.25, 0.3) is 5.91 Å². The van der Waals surface area contributed by atoms with Crippen LogP contribution in [0.5, 0.6) is 0 Å². The number of benzene rings is 1. The average molecular weight is 207 g/mol. The van der Waals surface area contributed by atoms with Gasteiger partial charge >= 0.3 is 0 Å². The molecule has 0 atom stereocenters. The highest BCUT2D eigenvalue weighted by Crippen LogP contribution is 2.14. The van der Waals surface area contributed by atoms with Crippen molar-refractivity contribution in [2.24, 2.45) is 5.84 Å². The van der Waals surface area contributed by atoms with Gasteiger partial charge < -0.3 is 10.7 Å². The van der Waals surface area contributed by atoms with E-state index in [9.17, 15) is 4.79 Å². The highest BCUT2D eigenvalue weighted by molar-refractivity contribution is 5.96. The van der Waals surface area contributed by atoms with Gasteiger partial charge in [0.15, 0.2) is 0 Å². The summed E-state index contributed by atoms with van der Waals surface area (Å²) in [6.07, 6.45) is 0. The van der Waals surface area contributed by atoms with Crippen LogP contribution < -0.4 is 16.6 Å². The van der Waals surface area contributed by atoms with E-state index in [0.29, 0.717) is 5.56 Å². The Morgan fingerprint density at radius 1 is 1.40 bits per heavy atom. The summed E-state index contributed by atoms with van der Waals surface area (Å²) in [5, 5.41) is 2.85. The number of amides is 1. The summed E-state index contributed by atoms with van der Waals surface area (Å²) >= 11 is 0. The Bertz CT molecular complexity index is 361. The number of hydrogen-bond donors (Lipinski definition) is 3. The predicted octanol–water partition coefficient (Wildman–Crippen LogP) is 1.42. The minimum Gasteiger partial charge on any atom is -0.350 e. The van der Waals surface area contributed by atoms with Crippen LogP contribution in [0.15, 0.2) is 18.2 Å². The monoisotopic (exact) mass is 207 g/mol. The molecule has 0 unspecified atom stereocenters. The van der Waals surface area contributed by atoms with Crippen LogP contribution in [-0.4, -0.2) is 11.9 Å². The molecule has 0 saturated carbocycles. The molecule has 1 aromatic carbocycles. The van der Waals surface area contributed by atoms with Crippen LogP contribution in [0.4, 0.5) is 5.69 Å². The van der Waals surface area contributed by atoms with E-state index in [2.05, 4.69) is 10.7 Å². The Morgan fingerprint density at radius 2 is 2.07 bits per heavy atom. The first kappa shape index (κ1) is 11.5. The van der Waals surface area contributed by atoms with Crippen LogP contribution in [-0.2, 0) is 0 Å². The second-order valence-electron chi connectivity index (χ2n) is 3.80. The lowest BCUT2D eigenvalue weighted by atomic mass is 10.1. The van der Waals surface area contributed by atoms with E-state index in [-0.39, 0.29) is 11.9 Å². The molecule has 0 fully saturated rings. The smallest absolute Gasteiger partial charge is 0.251 e. The normalized spacial score (nSPS) is 10.2. The fourth-order valence-corrected chi connectivity index (χ4v) is 1.35. The number of nitrogens with two attached hydrogens (primary N) is 1. The van der Waals surface area contributed by atoms with Crippen molar-refractivity contribution in [2.45, 2.75) is 26.8 Å². The summed E-state index contributed by atoms with van der Waals surface area (Å²) in [5.41, 5.74) is 4.93. The first-order valence-electron chi connectivity index (χ1n) is 4.92. The third kappa shape index (κ3) is 2.95. The maximum atomic E-state index is 11.7. The van der Waals surface area contributed by atoms with Crippen molar-refractivity contribution in [3.05, 3.63) is 29.3 Å². The molecule has 0 saturated heterocycles. The van der Waals surface area contributed by atoms with E-state index in [4.69, 9.17) is 5.84 Å². The Labute approximate surface area is 89.8 Å². The van der Waals surface area contributed by atoms with Crippen molar-refractivity contribution in [2.75, 3.05) is 5.43 Å². The first-order chi connectivity index (χ1) is 7.04. The summed E-state index contributed by atoms with van der Waals surface area (Å²) in [7, 11) is 0. The van der Waals surface area contributed by atoms with Crippen molar-refractivity contribution in [3.8, 4) is 0 Å². The van der Waals surface area contributed by atoms with Gasteiger partial charge in [-0.2, -0.15) is 0 Å². The lowest BCUT2D eigenvalue weighted by Gasteiger charge is -2.11. The molecule has 1 aromatic rings. The van der Waals surface area contributed by atoms with E-state index in [1.165, 1.54) is 0 Å². The number of rotatable bonds is 3. The molecule has 82 valence electrons. The quantitative estimate of drug-likeness (QED) is 0.518. The van der Waals surface area contributed by atoms with E-state index < -0.39 is 0 Å². The molecule has 0 heterocycles. The molecule has 0 aromatic heterocycles. The number of nitrogen functional groups attached to an aromatic ring is 1. The second-order valence-corrected chi connectivity index (χ2v) is 3.80. The number of carbonyl (C=O) groups excluding carboxylic acids is 1. The molecule has 4 nitrogen and oxygen atoms in total. The van der Waals surface area contributed by atoms with Crippen LogP contribution in [0.3, 0.4) is 0 Å². The molecule has 4 N–H and O–H groups in total. The van der Waals surface area contributed by atoms with Gasteiger partial charge in [-0.25, -0.2) is 0 Å². The lowest BCUT2D eigenvalue weighted by Crippen LogP contribution is -2.30. The predicted molar refractivity (Wildman–Crippen MR) is 61.6 cm³/mol. The summed E-state index contributed by atoms with van der Waals surface area (Å²) < 4.78 is 0. The van der Waals surface area contributed by atoms with E-state index in [1.54, 1.807) is 12.1 Å². The number of nitrogens with one attached hydrogen (secondary N) is 2. The third-order valence-corrected chi connectivity index (χ3v) is 2.06. The molecule has 0 spiro atoms. The molecule has 1 amide bonds. The standard InChI is InChI=1S/C11H17N3O/c1-7(2)13-11(15)10-5-4-9(14-12)6-8(10)3/h4-7,14H,12H2,1-3H3,(H,13,15). The molecular formula is C11H17N3O. The number of hydrazine groups is 1. The zero-order valence-corrected chi connectivity index (χ0v) is 9.29. The second kappa shape index (κ2) is 4.79. The number of carbonyl (C=O) groups is 1. The van der Waals surface area contributed by atoms with Crippen LogP contribution in [0.2, 0.25) is 0 Å². The Kier molecular flexibility index (Phi) is 3.68. The summed E-state index contributed by atoms with van der Waals surface area (Å²) in [5.74, 6) is 5.23. The van der Waals surface area contributed by atoms with Gasteiger partial charge in [-0.05, 0) is 44.5 Å². The molecule has 15 heavy (non-hydrogen) atoms. The minimum absolute atomic E-state index is 0.0499. The molecule has 0 aliphatic rings. The first-order valence-corrected chi connectivity index (χ1v) is 4.92. The van der Waals surface area contributed by atoms with Gasteiger partial charge in [0.05, 0.1) is 0 Å². The molecule has 0 aliphatic carbocycles. The summed E-state index contributed by atoms with van der Waals surface area (Å²) in [6, 6.07) is 5.53. The number of hydrogen-bond acceptors (Lipinski definition) is 3. The summed E-state index contributed by atoms with van der Waals surface area (Å²) in [4.78, 5) is 11.7. The van der Waals surface area contributed by atoms with Gasteiger partial charge in [-0.1, -0.05) is 0 Å². The van der Waals surface area contributed by atoms with Gasteiger partial charge in [-0.3, -0.25) is 10.6 Å². The topological polar surface area (TPSA) is 67.1 Å². The molecule has 4 heteroatoms. The maximum absolute atomic E-state index is 11.7. The fourth-order valence-electron chi connectivity index (χ4n) is 1.35.